The fraction of sp³-hybridized carbons (Fsp3) is 0.550. The number of halogens is 6. The molecule has 0 radical (unpaired) electrons. The molecule has 1 aromatic carbocycles. The van der Waals surface area contributed by atoms with Crippen molar-refractivity contribution in [3.05, 3.63) is 47.5 Å². The van der Waals surface area contributed by atoms with E-state index in [9.17, 15) is 34.8 Å². The number of fused-ring (bicyclic) bond motifs is 1. The Kier molecular flexibility index (Phi) is 5.71. The van der Waals surface area contributed by atoms with Crippen LogP contribution in [0.2, 0.25) is 0 Å². The molecule has 33 heavy (non-hydrogen) atoms. The summed E-state index contributed by atoms with van der Waals surface area (Å²) < 4.78 is 106. The van der Waals surface area contributed by atoms with E-state index >= 15 is 0 Å². The molecule has 1 N–H and O–H groups in total. The number of sulfonamides is 1. The molecule has 0 saturated heterocycles. The minimum Gasteiger partial charge on any atom is -0.361 e. The number of benzene rings is 1. The Labute approximate surface area is 186 Å². The van der Waals surface area contributed by atoms with E-state index in [0.717, 1.165) is 18.6 Å². The van der Waals surface area contributed by atoms with Gasteiger partial charge < -0.3 is 9.88 Å². The first-order valence-electron chi connectivity index (χ1n) is 10.2. The smallest absolute Gasteiger partial charge is 0.361 e. The maximum absolute atomic E-state index is 13.5. The molecule has 2 heterocycles. The van der Waals surface area contributed by atoms with Gasteiger partial charge in [0.25, 0.3) is 0 Å². The van der Waals surface area contributed by atoms with Gasteiger partial charge in [0, 0.05) is 31.0 Å². The van der Waals surface area contributed by atoms with Gasteiger partial charge in [0.05, 0.1) is 24.1 Å². The number of H-pyrrole nitrogens is 1. The lowest BCUT2D eigenvalue weighted by atomic mass is 9.65. The van der Waals surface area contributed by atoms with E-state index in [-0.39, 0.29) is 22.1 Å². The molecule has 1 aliphatic carbocycles. The van der Waals surface area contributed by atoms with Crippen molar-refractivity contribution in [3.63, 3.8) is 0 Å². The summed E-state index contributed by atoms with van der Waals surface area (Å²) in [7, 11) is -5.77. The number of aromatic nitrogens is 2. The van der Waals surface area contributed by atoms with Crippen LogP contribution in [0.25, 0.3) is 0 Å². The minimum atomic E-state index is -5.77. The Hall–Kier alpha value is -2.28. The minimum absolute atomic E-state index is 0.124. The van der Waals surface area contributed by atoms with E-state index in [4.69, 9.17) is 0 Å². The largest absolute Gasteiger partial charge is 0.511 e. The second-order valence-corrected chi connectivity index (χ2v) is 10.7. The van der Waals surface area contributed by atoms with Gasteiger partial charge in [-0.15, -0.1) is 0 Å². The van der Waals surface area contributed by atoms with Gasteiger partial charge in [-0.1, -0.05) is 13.3 Å². The SMILES string of the molecule is CC1([C@@H]2CN(S(=O)(=O)C(F)(F)F)Cc3cc(C(F)(F)F)ccc3N2Cc2cnc[nH]2)CCC1. The molecule has 0 bridgehead atoms. The maximum atomic E-state index is 13.5. The van der Waals surface area contributed by atoms with Gasteiger partial charge in [-0.25, -0.2) is 13.4 Å². The molecule has 1 aliphatic heterocycles. The van der Waals surface area contributed by atoms with Crippen molar-refractivity contribution in [2.45, 2.75) is 57.0 Å². The number of imidazole rings is 1. The quantitative estimate of drug-likeness (QED) is 0.626. The van der Waals surface area contributed by atoms with Crippen LogP contribution in [0.5, 0.6) is 0 Å². The van der Waals surface area contributed by atoms with Crippen LogP contribution in [0.4, 0.5) is 32.0 Å². The summed E-state index contributed by atoms with van der Waals surface area (Å²) in [6, 6.07) is 2.13. The Bertz CT molecular complexity index is 1110. The molecule has 1 fully saturated rings. The van der Waals surface area contributed by atoms with Gasteiger partial charge in [0.2, 0.25) is 0 Å². The van der Waals surface area contributed by atoms with Gasteiger partial charge in [-0.2, -0.15) is 30.6 Å². The highest BCUT2D eigenvalue weighted by Crippen LogP contribution is 2.49. The monoisotopic (exact) mass is 496 g/mol. The lowest BCUT2D eigenvalue weighted by Crippen LogP contribution is -2.55. The average Bonchev–Trinajstić information content (AvgIpc) is 3.13. The Balaban J connectivity index is 1.89. The molecule has 182 valence electrons. The lowest BCUT2D eigenvalue weighted by Gasteiger charge is -2.50. The summed E-state index contributed by atoms with van der Waals surface area (Å²) in [4.78, 5) is 8.55. The number of nitrogens with one attached hydrogen (secondary N) is 1. The van der Waals surface area contributed by atoms with E-state index in [0.29, 0.717) is 18.5 Å². The maximum Gasteiger partial charge on any atom is 0.511 e. The van der Waals surface area contributed by atoms with Crippen LogP contribution in [0.3, 0.4) is 0 Å². The number of nitrogens with zero attached hydrogens (tertiary/aromatic N) is 3. The van der Waals surface area contributed by atoms with Gasteiger partial charge >= 0.3 is 21.7 Å². The summed E-state index contributed by atoms with van der Waals surface area (Å²) >= 11 is 0. The molecule has 1 atom stereocenters. The topological polar surface area (TPSA) is 69.3 Å². The molecule has 1 aromatic heterocycles. The molecule has 13 heteroatoms. The summed E-state index contributed by atoms with van der Waals surface area (Å²) in [6.07, 6.45) is 0.347. The lowest BCUT2D eigenvalue weighted by molar-refractivity contribution is -0.137. The summed E-state index contributed by atoms with van der Waals surface area (Å²) in [5.74, 6) is 0. The Morgan fingerprint density at radius 2 is 1.88 bits per heavy atom. The zero-order chi connectivity index (χ0) is 24.2. The molecule has 0 amide bonds. The van der Waals surface area contributed by atoms with Crippen LogP contribution in [0.1, 0.15) is 43.0 Å². The normalized spacial score (nSPS) is 21.9. The number of hydrogen-bond acceptors (Lipinski definition) is 4. The van der Waals surface area contributed by atoms with Crippen molar-refractivity contribution in [1.29, 1.82) is 0 Å². The first-order chi connectivity index (χ1) is 15.2. The van der Waals surface area contributed by atoms with Crippen molar-refractivity contribution < 1.29 is 34.8 Å². The van der Waals surface area contributed by atoms with Crippen molar-refractivity contribution in [2.75, 3.05) is 11.4 Å². The van der Waals surface area contributed by atoms with E-state index in [1.54, 1.807) is 4.90 Å². The Morgan fingerprint density at radius 1 is 1.18 bits per heavy atom. The predicted molar refractivity (Wildman–Crippen MR) is 107 cm³/mol. The van der Waals surface area contributed by atoms with Crippen molar-refractivity contribution in [2.24, 2.45) is 5.41 Å². The summed E-state index contributed by atoms with van der Waals surface area (Å²) in [5, 5.41) is 0. The Morgan fingerprint density at radius 3 is 2.39 bits per heavy atom. The number of hydrogen-bond donors (Lipinski definition) is 1. The van der Waals surface area contributed by atoms with Crippen molar-refractivity contribution >= 4 is 15.7 Å². The zero-order valence-corrected chi connectivity index (χ0v) is 18.4. The second-order valence-electron chi connectivity index (χ2n) is 8.81. The molecule has 6 nitrogen and oxygen atoms in total. The highest BCUT2D eigenvalue weighted by Gasteiger charge is 2.54. The van der Waals surface area contributed by atoms with Gasteiger partial charge in [0.1, 0.15) is 0 Å². The summed E-state index contributed by atoms with van der Waals surface area (Å²) in [6.45, 7) is 0.683. The summed E-state index contributed by atoms with van der Waals surface area (Å²) in [5.41, 5.74) is -6.40. The molecule has 2 aromatic rings. The molecule has 2 aliphatic rings. The van der Waals surface area contributed by atoms with Crippen LogP contribution in [-0.4, -0.2) is 40.8 Å². The van der Waals surface area contributed by atoms with Crippen LogP contribution in [0, 0.1) is 5.41 Å². The van der Waals surface area contributed by atoms with Gasteiger partial charge in [-0.05, 0) is 42.0 Å². The van der Waals surface area contributed by atoms with E-state index < -0.39 is 51.8 Å². The van der Waals surface area contributed by atoms with E-state index in [2.05, 4.69) is 9.97 Å². The number of anilines is 1. The molecular weight excluding hydrogens is 474 g/mol. The number of alkyl halides is 6. The van der Waals surface area contributed by atoms with Gasteiger partial charge in [0.15, 0.2) is 0 Å². The third-order valence-corrected chi connectivity index (χ3v) is 8.19. The van der Waals surface area contributed by atoms with Crippen LogP contribution < -0.4 is 4.90 Å². The first kappa shape index (κ1) is 23.9. The fourth-order valence-corrected chi connectivity index (χ4v) is 5.57. The van der Waals surface area contributed by atoms with E-state index in [1.165, 1.54) is 18.6 Å². The van der Waals surface area contributed by atoms with E-state index in [1.807, 2.05) is 6.92 Å². The zero-order valence-electron chi connectivity index (χ0n) is 17.5. The number of aromatic amines is 1. The predicted octanol–water partition coefficient (Wildman–Crippen LogP) is 4.66. The van der Waals surface area contributed by atoms with Crippen molar-refractivity contribution in [1.82, 2.24) is 14.3 Å². The van der Waals surface area contributed by atoms with Crippen LogP contribution in [0.15, 0.2) is 30.7 Å². The van der Waals surface area contributed by atoms with Crippen molar-refractivity contribution in [3.8, 4) is 0 Å². The highest BCUT2D eigenvalue weighted by molar-refractivity contribution is 7.89. The molecule has 1 saturated carbocycles. The fourth-order valence-electron chi connectivity index (χ4n) is 4.63. The average molecular weight is 496 g/mol. The number of rotatable bonds is 4. The first-order valence-corrected chi connectivity index (χ1v) is 11.7. The molecular formula is C20H22F6N4O2S. The molecule has 4 rings (SSSR count). The van der Waals surface area contributed by atoms with Crippen LogP contribution >= 0.6 is 0 Å². The standard InChI is InChI=1S/C20H22F6N4O2S/c1-18(5-2-6-18)17-11-29(33(31,32)20(24,25)26)9-13-7-14(19(21,22)23)3-4-16(13)30(17)10-15-8-27-12-28-15/h3-4,7-8,12,17H,2,5-6,9-11H2,1H3,(H,27,28)/t17-/m0/s1. The van der Waals surface area contributed by atoms with Gasteiger partial charge in [-0.3, -0.25) is 0 Å². The molecule has 0 unspecified atom stereocenters. The molecule has 0 spiro atoms. The van der Waals surface area contributed by atoms with Crippen LogP contribution in [-0.2, 0) is 29.3 Å². The second kappa shape index (κ2) is 7.90. The highest BCUT2D eigenvalue weighted by atomic mass is 32.2. The third kappa shape index (κ3) is 4.32. The third-order valence-electron chi connectivity index (χ3n) is 6.64.